The third-order valence-electron chi connectivity index (χ3n) is 5.10. The molecule has 164 valence electrons. The molecule has 1 fully saturated rings. The zero-order valence-corrected chi connectivity index (χ0v) is 18.1. The van der Waals surface area contributed by atoms with Gasteiger partial charge >= 0.3 is 5.69 Å². The Balaban J connectivity index is 1.53. The van der Waals surface area contributed by atoms with Crippen molar-refractivity contribution in [3.8, 4) is 17.2 Å². The smallest absolute Gasteiger partial charge is 0.350 e. The molecule has 3 aromatic rings. The van der Waals surface area contributed by atoms with Crippen molar-refractivity contribution in [2.24, 2.45) is 0 Å². The van der Waals surface area contributed by atoms with Gasteiger partial charge in [-0.15, -0.1) is 0 Å². The first kappa shape index (κ1) is 21.1. The maximum absolute atomic E-state index is 13.0. The second-order valence-electron chi connectivity index (χ2n) is 7.22. The van der Waals surface area contributed by atoms with E-state index < -0.39 is 10.0 Å². The SMILES string of the molecule is COc1ccc(S(=O)(=O)NCCn2nc(C3CC3)n(-c3ccccc3)c2=O)c(OC)c1. The molecule has 0 bridgehead atoms. The van der Waals surface area contributed by atoms with E-state index in [1.165, 1.54) is 31.0 Å². The third-order valence-corrected chi connectivity index (χ3v) is 6.60. The lowest BCUT2D eigenvalue weighted by Crippen LogP contribution is -2.32. The van der Waals surface area contributed by atoms with Gasteiger partial charge in [0.15, 0.2) is 0 Å². The van der Waals surface area contributed by atoms with Gasteiger partial charge in [0.25, 0.3) is 0 Å². The van der Waals surface area contributed by atoms with Crippen LogP contribution < -0.4 is 19.9 Å². The van der Waals surface area contributed by atoms with Gasteiger partial charge in [-0.05, 0) is 37.1 Å². The standard InChI is InChI=1S/C21H24N4O5S/c1-29-17-10-11-19(18(14-17)30-2)31(27,28)22-12-13-24-21(26)25(16-6-4-3-5-7-16)20(23-24)15-8-9-15/h3-7,10-11,14-15,22H,8-9,12-13H2,1-2H3. The van der Waals surface area contributed by atoms with E-state index >= 15 is 0 Å². The number of aromatic nitrogens is 3. The van der Waals surface area contributed by atoms with Crippen molar-refractivity contribution in [2.45, 2.75) is 30.2 Å². The summed E-state index contributed by atoms with van der Waals surface area (Å²) in [6, 6.07) is 13.8. The lowest BCUT2D eigenvalue weighted by atomic mass is 10.3. The fourth-order valence-electron chi connectivity index (χ4n) is 3.36. The summed E-state index contributed by atoms with van der Waals surface area (Å²) >= 11 is 0. The van der Waals surface area contributed by atoms with Crippen LogP contribution in [0.2, 0.25) is 0 Å². The molecule has 9 nitrogen and oxygen atoms in total. The van der Waals surface area contributed by atoms with Crippen LogP contribution in [0.3, 0.4) is 0 Å². The lowest BCUT2D eigenvalue weighted by Gasteiger charge is -2.11. The van der Waals surface area contributed by atoms with Gasteiger partial charge in [0.1, 0.15) is 22.2 Å². The monoisotopic (exact) mass is 444 g/mol. The van der Waals surface area contributed by atoms with E-state index in [2.05, 4.69) is 9.82 Å². The molecule has 2 aromatic carbocycles. The highest BCUT2D eigenvalue weighted by Gasteiger charge is 2.31. The van der Waals surface area contributed by atoms with Crippen LogP contribution in [0.25, 0.3) is 5.69 Å². The molecule has 0 atom stereocenters. The fourth-order valence-corrected chi connectivity index (χ4v) is 4.53. The van der Waals surface area contributed by atoms with Gasteiger partial charge < -0.3 is 9.47 Å². The first-order chi connectivity index (χ1) is 14.9. The summed E-state index contributed by atoms with van der Waals surface area (Å²) in [6.07, 6.45) is 1.99. The highest BCUT2D eigenvalue weighted by atomic mass is 32.2. The summed E-state index contributed by atoms with van der Waals surface area (Å²) in [6.45, 7) is 0.115. The normalized spacial score (nSPS) is 13.9. The summed E-state index contributed by atoms with van der Waals surface area (Å²) < 4.78 is 41.2. The van der Waals surface area contributed by atoms with Crippen LogP contribution in [-0.2, 0) is 16.6 Å². The molecule has 1 aliphatic carbocycles. The second kappa shape index (κ2) is 8.56. The molecule has 0 radical (unpaired) electrons. The first-order valence-corrected chi connectivity index (χ1v) is 11.4. The number of para-hydroxylation sites is 1. The molecule has 0 spiro atoms. The molecular formula is C21H24N4O5S. The van der Waals surface area contributed by atoms with Crippen LogP contribution in [0.5, 0.6) is 11.5 Å². The lowest BCUT2D eigenvalue weighted by molar-refractivity contribution is 0.386. The minimum atomic E-state index is -3.85. The summed E-state index contributed by atoms with van der Waals surface area (Å²) in [5.41, 5.74) is 0.471. The second-order valence-corrected chi connectivity index (χ2v) is 8.96. The highest BCUT2D eigenvalue weighted by molar-refractivity contribution is 7.89. The Morgan fingerprint density at radius 1 is 1.10 bits per heavy atom. The minimum Gasteiger partial charge on any atom is -0.497 e. The van der Waals surface area contributed by atoms with Crippen molar-refractivity contribution >= 4 is 10.0 Å². The minimum absolute atomic E-state index is 0.00312. The molecule has 0 unspecified atom stereocenters. The molecule has 1 aromatic heterocycles. The number of rotatable bonds is 9. The number of ether oxygens (including phenoxy) is 2. The molecular weight excluding hydrogens is 420 g/mol. The number of nitrogens with one attached hydrogen (secondary N) is 1. The Bertz CT molecular complexity index is 1230. The van der Waals surface area contributed by atoms with Crippen LogP contribution in [-0.4, -0.2) is 43.5 Å². The molecule has 10 heteroatoms. The van der Waals surface area contributed by atoms with Crippen molar-refractivity contribution in [2.75, 3.05) is 20.8 Å². The average Bonchev–Trinajstić information content (AvgIpc) is 3.58. The largest absolute Gasteiger partial charge is 0.497 e. The van der Waals surface area contributed by atoms with E-state index in [0.29, 0.717) is 5.75 Å². The van der Waals surface area contributed by atoms with Gasteiger partial charge in [-0.25, -0.2) is 27.2 Å². The van der Waals surface area contributed by atoms with Gasteiger partial charge in [-0.1, -0.05) is 18.2 Å². The van der Waals surface area contributed by atoms with Crippen LogP contribution >= 0.6 is 0 Å². The Hall–Kier alpha value is -3.11. The summed E-state index contributed by atoms with van der Waals surface area (Å²) in [5, 5.41) is 4.49. The molecule has 0 aliphatic heterocycles. The Kier molecular flexibility index (Phi) is 5.84. The number of hydrogen-bond acceptors (Lipinski definition) is 6. The van der Waals surface area contributed by atoms with E-state index in [1.54, 1.807) is 10.6 Å². The van der Waals surface area contributed by atoms with E-state index in [0.717, 1.165) is 24.4 Å². The van der Waals surface area contributed by atoms with Gasteiger partial charge in [-0.3, -0.25) is 0 Å². The van der Waals surface area contributed by atoms with Crippen molar-refractivity contribution in [3.63, 3.8) is 0 Å². The van der Waals surface area contributed by atoms with Crippen LogP contribution in [0.4, 0.5) is 0 Å². The molecule has 0 saturated heterocycles. The van der Waals surface area contributed by atoms with Crippen molar-refractivity contribution in [1.29, 1.82) is 0 Å². The van der Waals surface area contributed by atoms with E-state index in [1.807, 2.05) is 30.3 Å². The molecule has 4 rings (SSSR count). The molecule has 0 amide bonds. The van der Waals surface area contributed by atoms with Gasteiger partial charge in [0.05, 0.1) is 26.5 Å². The fraction of sp³-hybridized carbons (Fsp3) is 0.333. The number of sulfonamides is 1. The number of hydrogen-bond donors (Lipinski definition) is 1. The predicted octanol–water partition coefficient (Wildman–Crippen LogP) is 1.91. The summed E-state index contributed by atoms with van der Waals surface area (Å²) in [7, 11) is -0.970. The predicted molar refractivity (Wildman–Crippen MR) is 115 cm³/mol. The molecule has 1 heterocycles. The molecule has 1 saturated carbocycles. The first-order valence-electron chi connectivity index (χ1n) is 9.91. The quantitative estimate of drug-likeness (QED) is 0.541. The van der Waals surface area contributed by atoms with Crippen molar-refractivity contribution in [1.82, 2.24) is 19.1 Å². The Morgan fingerprint density at radius 3 is 2.48 bits per heavy atom. The summed E-state index contributed by atoms with van der Waals surface area (Å²) in [4.78, 5) is 13.0. The zero-order valence-electron chi connectivity index (χ0n) is 17.3. The van der Waals surface area contributed by atoms with Gasteiger partial charge in [-0.2, -0.15) is 5.10 Å². The molecule has 1 N–H and O–H groups in total. The molecule has 31 heavy (non-hydrogen) atoms. The third kappa shape index (κ3) is 4.35. The van der Waals surface area contributed by atoms with E-state index in [-0.39, 0.29) is 35.3 Å². The van der Waals surface area contributed by atoms with Crippen molar-refractivity contribution in [3.05, 3.63) is 64.8 Å². The van der Waals surface area contributed by atoms with E-state index in [4.69, 9.17) is 9.47 Å². The highest BCUT2D eigenvalue weighted by Crippen LogP contribution is 2.39. The summed E-state index contributed by atoms with van der Waals surface area (Å²) in [5.74, 6) is 1.64. The topological polar surface area (TPSA) is 104 Å². The van der Waals surface area contributed by atoms with Crippen molar-refractivity contribution < 1.29 is 17.9 Å². The average molecular weight is 445 g/mol. The maximum atomic E-state index is 13.0. The number of benzene rings is 2. The number of nitrogens with zero attached hydrogens (tertiary/aromatic N) is 3. The molecule has 1 aliphatic rings. The zero-order chi connectivity index (χ0) is 22.0. The van der Waals surface area contributed by atoms with Crippen LogP contribution in [0, 0.1) is 0 Å². The maximum Gasteiger partial charge on any atom is 0.350 e. The van der Waals surface area contributed by atoms with Crippen LogP contribution in [0.1, 0.15) is 24.6 Å². The van der Waals surface area contributed by atoms with Gasteiger partial charge in [0, 0.05) is 18.5 Å². The van der Waals surface area contributed by atoms with Gasteiger partial charge in [0.2, 0.25) is 10.0 Å². The van der Waals surface area contributed by atoms with Crippen LogP contribution in [0.15, 0.2) is 58.2 Å². The number of methoxy groups -OCH3 is 2. The Morgan fingerprint density at radius 2 is 1.84 bits per heavy atom. The van der Waals surface area contributed by atoms with E-state index in [9.17, 15) is 13.2 Å². The Labute approximate surface area is 180 Å².